The van der Waals surface area contributed by atoms with E-state index >= 15 is 0 Å². The molecule has 0 aromatic heterocycles. The predicted molar refractivity (Wildman–Crippen MR) is 170 cm³/mol. The maximum absolute atomic E-state index is 12.0. The molecule has 206 valence electrons. The Morgan fingerprint density at radius 1 is 0.512 bits per heavy atom. The second-order valence-electron chi connectivity index (χ2n) is 10.5. The Hall–Kier alpha value is -5.74. The van der Waals surface area contributed by atoms with Gasteiger partial charge >= 0.3 is 11.9 Å². The highest BCUT2D eigenvalue weighted by atomic mass is 16.5. The molecular weight excluding hydrogens is 532 g/mol. The van der Waals surface area contributed by atoms with E-state index in [0.29, 0.717) is 11.5 Å². The second-order valence-corrected chi connectivity index (χ2v) is 10.5. The van der Waals surface area contributed by atoms with Crippen molar-refractivity contribution in [2.75, 3.05) is 0 Å². The van der Waals surface area contributed by atoms with Crippen molar-refractivity contribution in [2.45, 2.75) is 5.41 Å². The van der Waals surface area contributed by atoms with Crippen LogP contribution in [0.15, 0.2) is 147 Å². The minimum Gasteiger partial charge on any atom is -0.423 e. The van der Waals surface area contributed by atoms with E-state index in [4.69, 9.17) is 9.47 Å². The Morgan fingerprint density at radius 3 is 1.30 bits per heavy atom. The molecule has 6 aromatic carbocycles. The van der Waals surface area contributed by atoms with Gasteiger partial charge in [-0.1, -0.05) is 110 Å². The molecule has 43 heavy (non-hydrogen) atoms. The standard InChI is InChI=1S/C39H26O4/c1-3-35(40)42-29-19-15-27(16-20-29)39(28-17-21-30(22-18-28)43-36(41)4-2)37-31-11-7-5-9-25(31)13-23-33(37)34-24-14-26-10-6-8-12-32(26)38(34)39/h3-24H,1-2H2. The quantitative estimate of drug-likeness (QED) is 0.117. The van der Waals surface area contributed by atoms with Crippen LogP contribution < -0.4 is 9.47 Å². The number of hydrogen-bond donors (Lipinski definition) is 0. The molecule has 0 N–H and O–H groups in total. The van der Waals surface area contributed by atoms with Crippen molar-refractivity contribution in [3.8, 4) is 22.6 Å². The average Bonchev–Trinajstić information content (AvgIpc) is 3.37. The van der Waals surface area contributed by atoms with Crippen LogP contribution in [0.25, 0.3) is 32.7 Å². The second kappa shape index (κ2) is 10.3. The van der Waals surface area contributed by atoms with Gasteiger partial charge in [-0.3, -0.25) is 0 Å². The average molecular weight is 559 g/mol. The van der Waals surface area contributed by atoms with E-state index in [9.17, 15) is 9.59 Å². The number of rotatable bonds is 6. The van der Waals surface area contributed by atoms with E-state index in [0.717, 1.165) is 56.0 Å². The van der Waals surface area contributed by atoms with Crippen molar-refractivity contribution >= 4 is 33.5 Å². The van der Waals surface area contributed by atoms with Crippen LogP contribution in [0.1, 0.15) is 22.3 Å². The fraction of sp³-hybridized carbons (Fsp3) is 0.0256. The SMILES string of the molecule is C=CC(=O)Oc1ccc(C2(c3ccc(OC(=O)C=C)cc3)c3c(ccc4ccccc34)-c3ccc4ccccc4c32)cc1. The van der Waals surface area contributed by atoms with Crippen LogP contribution in [0.3, 0.4) is 0 Å². The molecule has 0 bridgehead atoms. The van der Waals surface area contributed by atoms with Gasteiger partial charge in [-0.05, 0) is 79.2 Å². The third-order valence-corrected chi connectivity index (χ3v) is 8.24. The van der Waals surface area contributed by atoms with Gasteiger partial charge in [-0.15, -0.1) is 0 Å². The summed E-state index contributed by atoms with van der Waals surface area (Å²) in [4.78, 5) is 23.9. The molecule has 0 heterocycles. The van der Waals surface area contributed by atoms with Crippen LogP contribution in [-0.2, 0) is 15.0 Å². The Morgan fingerprint density at radius 2 is 0.907 bits per heavy atom. The van der Waals surface area contributed by atoms with Crippen molar-refractivity contribution in [1.82, 2.24) is 0 Å². The normalized spacial score (nSPS) is 12.7. The number of esters is 2. The van der Waals surface area contributed by atoms with Crippen molar-refractivity contribution in [1.29, 1.82) is 0 Å². The molecule has 6 aromatic rings. The Kier molecular flexibility index (Phi) is 6.25. The van der Waals surface area contributed by atoms with Gasteiger partial charge in [0.2, 0.25) is 0 Å². The van der Waals surface area contributed by atoms with E-state index < -0.39 is 17.4 Å². The van der Waals surface area contributed by atoms with Crippen molar-refractivity contribution in [3.63, 3.8) is 0 Å². The minimum absolute atomic E-state index is 0.435. The van der Waals surface area contributed by atoms with Gasteiger partial charge in [-0.25, -0.2) is 9.59 Å². The first-order chi connectivity index (χ1) is 21.0. The summed E-state index contributed by atoms with van der Waals surface area (Å²) in [7, 11) is 0. The summed E-state index contributed by atoms with van der Waals surface area (Å²) in [5.41, 5.74) is 5.91. The molecule has 0 aliphatic heterocycles. The predicted octanol–water partition coefficient (Wildman–Crippen LogP) is 8.54. The van der Waals surface area contributed by atoms with E-state index in [2.05, 4.69) is 86.0 Å². The van der Waals surface area contributed by atoms with Crippen molar-refractivity contribution < 1.29 is 19.1 Å². The highest BCUT2D eigenvalue weighted by molar-refractivity contribution is 6.06. The molecule has 0 radical (unpaired) electrons. The lowest BCUT2D eigenvalue weighted by Crippen LogP contribution is -2.29. The minimum atomic E-state index is -0.756. The molecular formula is C39H26O4. The molecule has 7 rings (SSSR count). The van der Waals surface area contributed by atoms with Crippen LogP contribution in [-0.4, -0.2) is 11.9 Å². The van der Waals surface area contributed by atoms with Crippen LogP contribution in [0, 0.1) is 0 Å². The summed E-state index contributed by atoms with van der Waals surface area (Å²) in [5.74, 6) is -0.157. The summed E-state index contributed by atoms with van der Waals surface area (Å²) in [6, 6.07) is 41.1. The van der Waals surface area contributed by atoms with E-state index in [1.54, 1.807) is 0 Å². The van der Waals surface area contributed by atoms with E-state index in [1.807, 2.05) is 48.5 Å². The summed E-state index contributed by atoms with van der Waals surface area (Å²) in [6.07, 6.45) is 2.30. The van der Waals surface area contributed by atoms with Gasteiger partial charge in [0, 0.05) is 12.2 Å². The van der Waals surface area contributed by atoms with Crippen LogP contribution in [0.4, 0.5) is 0 Å². The first-order valence-electron chi connectivity index (χ1n) is 14.0. The Labute approximate surface area is 249 Å². The lowest BCUT2D eigenvalue weighted by Gasteiger charge is -2.35. The molecule has 1 aliphatic carbocycles. The van der Waals surface area contributed by atoms with E-state index in [1.165, 1.54) is 11.1 Å². The van der Waals surface area contributed by atoms with Gasteiger partial charge in [0.05, 0.1) is 5.41 Å². The zero-order valence-electron chi connectivity index (χ0n) is 23.2. The molecule has 0 saturated carbocycles. The zero-order chi connectivity index (χ0) is 29.6. The van der Waals surface area contributed by atoms with E-state index in [-0.39, 0.29) is 0 Å². The fourth-order valence-electron chi connectivity index (χ4n) is 6.53. The highest BCUT2D eigenvalue weighted by Crippen LogP contribution is 2.60. The molecule has 1 aliphatic rings. The van der Waals surface area contributed by atoms with Crippen molar-refractivity contribution in [2.24, 2.45) is 0 Å². The third-order valence-electron chi connectivity index (χ3n) is 8.24. The molecule has 0 fully saturated rings. The van der Waals surface area contributed by atoms with Gasteiger partial charge in [0.1, 0.15) is 11.5 Å². The summed E-state index contributed by atoms with van der Waals surface area (Å²) in [6.45, 7) is 7.03. The molecule has 0 amide bonds. The molecule has 0 spiro atoms. The number of carbonyl (C=O) groups is 2. The first-order valence-corrected chi connectivity index (χ1v) is 14.0. The van der Waals surface area contributed by atoms with Gasteiger partial charge in [0.25, 0.3) is 0 Å². The monoisotopic (exact) mass is 558 g/mol. The number of carbonyl (C=O) groups excluding carboxylic acids is 2. The number of hydrogen-bond acceptors (Lipinski definition) is 4. The summed E-state index contributed by atoms with van der Waals surface area (Å²) < 4.78 is 10.9. The summed E-state index contributed by atoms with van der Waals surface area (Å²) >= 11 is 0. The summed E-state index contributed by atoms with van der Waals surface area (Å²) in [5, 5.41) is 4.56. The van der Waals surface area contributed by atoms with Gasteiger partial charge in [-0.2, -0.15) is 0 Å². The highest BCUT2D eigenvalue weighted by Gasteiger charge is 2.48. The number of ether oxygens (including phenoxy) is 2. The molecule has 4 nitrogen and oxygen atoms in total. The Bertz CT molecular complexity index is 1930. The maximum Gasteiger partial charge on any atom is 0.335 e. The van der Waals surface area contributed by atoms with Crippen LogP contribution >= 0.6 is 0 Å². The van der Waals surface area contributed by atoms with Crippen molar-refractivity contribution in [3.05, 3.63) is 169 Å². The van der Waals surface area contributed by atoms with Crippen LogP contribution in [0.2, 0.25) is 0 Å². The first kappa shape index (κ1) is 26.2. The number of benzene rings is 6. The van der Waals surface area contributed by atoms with Gasteiger partial charge < -0.3 is 9.47 Å². The molecule has 4 heteroatoms. The lowest BCUT2D eigenvalue weighted by molar-refractivity contribution is -0.129. The Balaban J connectivity index is 1.60. The molecule has 0 saturated heterocycles. The third kappa shape index (κ3) is 4.07. The van der Waals surface area contributed by atoms with Gasteiger partial charge in [0.15, 0.2) is 0 Å². The smallest absolute Gasteiger partial charge is 0.335 e. The molecule has 0 unspecified atom stereocenters. The largest absolute Gasteiger partial charge is 0.423 e. The molecule has 0 atom stereocenters. The maximum atomic E-state index is 12.0. The fourth-order valence-corrected chi connectivity index (χ4v) is 6.53. The lowest BCUT2D eigenvalue weighted by atomic mass is 9.66. The zero-order valence-corrected chi connectivity index (χ0v) is 23.2. The van der Waals surface area contributed by atoms with Crippen LogP contribution in [0.5, 0.6) is 11.5 Å². The number of fused-ring (bicyclic) bond motifs is 7. The topological polar surface area (TPSA) is 52.6 Å².